The number of methoxy groups -OCH3 is 1. The van der Waals surface area contributed by atoms with E-state index in [-0.39, 0.29) is 0 Å². The van der Waals surface area contributed by atoms with Crippen molar-refractivity contribution < 1.29 is 14.2 Å². The van der Waals surface area contributed by atoms with Crippen molar-refractivity contribution in [2.24, 2.45) is 0 Å². The van der Waals surface area contributed by atoms with Crippen molar-refractivity contribution in [1.29, 1.82) is 0 Å². The van der Waals surface area contributed by atoms with E-state index in [2.05, 4.69) is 4.74 Å². The molecule has 0 spiro atoms. The molecule has 0 fully saturated rings. The second-order valence-electron chi connectivity index (χ2n) is 0.736. The van der Waals surface area contributed by atoms with E-state index < -0.39 is 6.36 Å². The van der Waals surface area contributed by atoms with Crippen LogP contribution in [0.5, 0.6) is 0 Å². The van der Waals surface area contributed by atoms with E-state index in [1.165, 1.54) is 0 Å². The van der Waals surface area contributed by atoms with Crippen LogP contribution in [0.3, 0.4) is 0 Å². The molecule has 1 radical (unpaired) electrons. The van der Waals surface area contributed by atoms with Gasteiger partial charge in [0.15, 0.2) is 0 Å². The van der Waals surface area contributed by atoms with Gasteiger partial charge < -0.3 is 9.84 Å². The lowest BCUT2D eigenvalue weighted by atomic mass is 10.7. The second-order valence-corrected chi connectivity index (χ2v) is 0.736. The molecule has 6 heavy (non-hydrogen) atoms. The van der Waals surface area contributed by atoms with Crippen LogP contribution in [0.2, 0.25) is 0 Å². The summed E-state index contributed by atoms with van der Waals surface area (Å²) in [6, 6.07) is 0. The first kappa shape index (κ1) is 5.85. The van der Waals surface area contributed by atoms with E-state index in [4.69, 9.17) is 5.11 Å². The van der Waals surface area contributed by atoms with Gasteiger partial charge in [0.25, 0.3) is 0 Å². The number of rotatable bonds is 2. The van der Waals surface area contributed by atoms with Gasteiger partial charge in [-0.2, -0.15) is 0 Å². The molecule has 0 aromatic heterocycles. The summed E-state index contributed by atoms with van der Waals surface area (Å²) in [7, 11) is 1.16. The molecular formula is C3H6FO2. The number of aliphatic hydroxyl groups is 1. The Kier molecular flexibility index (Phi) is 2.98. The van der Waals surface area contributed by atoms with Crippen molar-refractivity contribution in [3.05, 3.63) is 6.61 Å². The standard InChI is InChI=1S/C3H6FO2/c1-6-3(4)2-5/h2-3,5H,1H3. The van der Waals surface area contributed by atoms with E-state index >= 15 is 0 Å². The van der Waals surface area contributed by atoms with Gasteiger partial charge in [0.05, 0.1) is 0 Å². The van der Waals surface area contributed by atoms with E-state index in [1.807, 2.05) is 0 Å². The maximum Gasteiger partial charge on any atom is 0.227 e. The summed E-state index contributed by atoms with van der Waals surface area (Å²) in [5, 5.41) is 7.71. The number of ether oxygens (including phenoxy) is 1. The summed E-state index contributed by atoms with van der Waals surface area (Å²) in [6.45, 7) is 0.333. The maximum atomic E-state index is 11.3. The zero-order chi connectivity index (χ0) is 4.99. The van der Waals surface area contributed by atoms with Crippen LogP contribution in [-0.4, -0.2) is 18.6 Å². The Labute approximate surface area is 35.5 Å². The van der Waals surface area contributed by atoms with Gasteiger partial charge in [0.2, 0.25) is 6.36 Å². The second kappa shape index (κ2) is 3.06. The average Bonchev–Trinajstić information content (AvgIpc) is 1.65. The number of halogens is 1. The fraction of sp³-hybridized carbons (Fsp3) is 0.667. The molecule has 0 bridgehead atoms. The molecule has 0 aliphatic heterocycles. The fourth-order valence-corrected chi connectivity index (χ4v) is 0.0609. The van der Waals surface area contributed by atoms with Crippen molar-refractivity contribution >= 4 is 0 Å². The lowest BCUT2D eigenvalue weighted by molar-refractivity contribution is -0.0103. The third kappa shape index (κ3) is 2.11. The monoisotopic (exact) mass is 93.0 g/mol. The van der Waals surface area contributed by atoms with Gasteiger partial charge in [-0.25, -0.2) is 4.39 Å². The highest BCUT2D eigenvalue weighted by atomic mass is 19.1. The average molecular weight is 93.1 g/mol. The summed E-state index contributed by atoms with van der Waals surface area (Å²) in [5.41, 5.74) is 0. The van der Waals surface area contributed by atoms with Gasteiger partial charge in [-0.15, -0.1) is 0 Å². The van der Waals surface area contributed by atoms with Gasteiger partial charge >= 0.3 is 0 Å². The molecule has 0 saturated carbocycles. The molecule has 0 amide bonds. The van der Waals surface area contributed by atoms with E-state index in [1.54, 1.807) is 0 Å². The zero-order valence-corrected chi connectivity index (χ0v) is 3.39. The minimum atomic E-state index is -1.63. The minimum absolute atomic E-state index is 0.333. The Morgan fingerprint density at radius 2 is 2.50 bits per heavy atom. The highest BCUT2D eigenvalue weighted by molar-refractivity contribution is 4.46. The van der Waals surface area contributed by atoms with Crippen LogP contribution in [0, 0.1) is 6.61 Å². The number of aliphatic hydroxyl groups excluding tert-OH is 1. The predicted octanol–water partition coefficient (Wildman–Crippen LogP) is 0.463. The topological polar surface area (TPSA) is 29.5 Å². The molecule has 3 heteroatoms. The highest BCUT2D eigenvalue weighted by Gasteiger charge is 1.96. The number of alkyl halides is 1. The molecule has 0 rings (SSSR count). The Balaban J connectivity index is 2.75. The number of hydrogen-bond donors (Lipinski definition) is 1. The van der Waals surface area contributed by atoms with Crippen molar-refractivity contribution in [1.82, 2.24) is 0 Å². The first-order valence-electron chi connectivity index (χ1n) is 1.45. The summed E-state index contributed by atoms with van der Waals surface area (Å²) < 4.78 is 15.3. The summed E-state index contributed by atoms with van der Waals surface area (Å²) in [6.07, 6.45) is -1.63. The molecule has 1 N–H and O–H groups in total. The van der Waals surface area contributed by atoms with E-state index in [0.29, 0.717) is 6.61 Å². The summed E-state index contributed by atoms with van der Waals surface area (Å²) in [4.78, 5) is 0. The molecular weight excluding hydrogens is 87.0 g/mol. The van der Waals surface area contributed by atoms with Crippen LogP contribution in [0.25, 0.3) is 0 Å². The molecule has 0 aromatic carbocycles. The molecule has 37 valence electrons. The maximum absolute atomic E-state index is 11.3. The first-order chi connectivity index (χ1) is 2.81. The normalized spacial score (nSPS) is 14.5. The van der Waals surface area contributed by atoms with Crippen LogP contribution in [0.1, 0.15) is 0 Å². The molecule has 1 atom stereocenters. The lowest BCUT2D eigenvalue weighted by Gasteiger charge is -1.95. The molecule has 0 aliphatic rings. The summed E-state index contributed by atoms with van der Waals surface area (Å²) >= 11 is 0. The van der Waals surface area contributed by atoms with Crippen molar-refractivity contribution in [2.75, 3.05) is 7.11 Å². The van der Waals surface area contributed by atoms with Crippen LogP contribution >= 0.6 is 0 Å². The van der Waals surface area contributed by atoms with Crippen LogP contribution in [-0.2, 0) is 4.74 Å². The Bertz CT molecular complexity index is 28.0. The van der Waals surface area contributed by atoms with Crippen LogP contribution in [0.15, 0.2) is 0 Å². The summed E-state index contributed by atoms with van der Waals surface area (Å²) in [5.74, 6) is 0. The van der Waals surface area contributed by atoms with Crippen molar-refractivity contribution in [2.45, 2.75) is 6.36 Å². The van der Waals surface area contributed by atoms with Gasteiger partial charge in [-0.3, -0.25) is 0 Å². The SMILES string of the molecule is COC(F)[CH]O. The van der Waals surface area contributed by atoms with Gasteiger partial charge in [-0.1, -0.05) is 0 Å². The molecule has 0 aliphatic carbocycles. The lowest BCUT2D eigenvalue weighted by Crippen LogP contribution is -2.00. The number of hydrogen-bond acceptors (Lipinski definition) is 2. The first-order valence-corrected chi connectivity index (χ1v) is 1.45. The van der Waals surface area contributed by atoms with Gasteiger partial charge in [-0.05, 0) is 0 Å². The van der Waals surface area contributed by atoms with Crippen molar-refractivity contribution in [3.63, 3.8) is 0 Å². The Morgan fingerprint density at radius 3 is 2.50 bits per heavy atom. The molecule has 2 nitrogen and oxygen atoms in total. The third-order valence-electron chi connectivity index (χ3n) is 0.342. The van der Waals surface area contributed by atoms with E-state index in [9.17, 15) is 4.39 Å². The molecule has 0 aromatic rings. The molecule has 0 saturated heterocycles. The quantitative estimate of drug-likeness (QED) is 0.537. The third-order valence-corrected chi connectivity index (χ3v) is 0.342. The molecule has 0 heterocycles. The Morgan fingerprint density at radius 1 is 2.00 bits per heavy atom. The largest absolute Gasteiger partial charge is 0.385 e. The highest BCUT2D eigenvalue weighted by Crippen LogP contribution is 1.89. The van der Waals surface area contributed by atoms with Gasteiger partial charge in [0.1, 0.15) is 6.61 Å². The minimum Gasteiger partial charge on any atom is -0.385 e. The van der Waals surface area contributed by atoms with Crippen molar-refractivity contribution in [3.8, 4) is 0 Å². The van der Waals surface area contributed by atoms with Gasteiger partial charge in [0, 0.05) is 7.11 Å². The van der Waals surface area contributed by atoms with Crippen LogP contribution in [0.4, 0.5) is 4.39 Å². The smallest absolute Gasteiger partial charge is 0.227 e. The fourth-order valence-electron chi connectivity index (χ4n) is 0.0609. The van der Waals surface area contributed by atoms with Crippen LogP contribution < -0.4 is 0 Å². The predicted molar refractivity (Wildman–Crippen MR) is 18.1 cm³/mol. The van der Waals surface area contributed by atoms with E-state index in [0.717, 1.165) is 7.11 Å². The molecule has 1 unspecified atom stereocenters. The zero-order valence-electron chi connectivity index (χ0n) is 3.39. The Hall–Kier alpha value is -0.150.